The van der Waals surface area contributed by atoms with Crippen LogP contribution >= 0.6 is 0 Å². The van der Waals surface area contributed by atoms with Gasteiger partial charge in [0.1, 0.15) is 6.61 Å². The Kier molecular flexibility index (Phi) is 5.18. The maximum absolute atomic E-state index is 13.1. The van der Waals surface area contributed by atoms with Crippen LogP contribution in [0.25, 0.3) is 0 Å². The van der Waals surface area contributed by atoms with E-state index in [2.05, 4.69) is 5.32 Å². The summed E-state index contributed by atoms with van der Waals surface area (Å²) in [6.45, 7) is 0.432. The zero-order chi connectivity index (χ0) is 18.7. The van der Waals surface area contributed by atoms with Crippen molar-refractivity contribution >= 4 is 23.0 Å². The van der Waals surface area contributed by atoms with E-state index >= 15 is 0 Å². The number of methoxy groups -OCH3 is 1. The fraction of sp³-hybridized carbons (Fsp3) is 0.316. The molecule has 2 aromatic rings. The Morgan fingerprint density at radius 2 is 1.96 bits per heavy atom. The summed E-state index contributed by atoms with van der Waals surface area (Å²) in [5.74, 6) is -0.502. The van der Waals surface area contributed by atoms with Crippen molar-refractivity contribution in [2.45, 2.75) is 19.0 Å². The van der Waals surface area contributed by atoms with Crippen LogP contribution in [-0.2, 0) is 22.1 Å². The van der Waals surface area contributed by atoms with Crippen LogP contribution in [0.15, 0.2) is 42.5 Å². The van der Waals surface area contributed by atoms with E-state index < -0.39 is 17.6 Å². The van der Waals surface area contributed by atoms with Crippen LogP contribution in [0.1, 0.15) is 17.5 Å². The van der Waals surface area contributed by atoms with E-state index in [1.165, 1.54) is 13.2 Å². The van der Waals surface area contributed by atoms with E-state index in [9.17, 15) is 18.0 Å². The van der Waals surface area contributed by atoms with Gasteiger partial charge >= 0.3 is 6.18 Å². The van der Waals surface area contributed by atoms with Crippen molar-refractivity contribution in [1.29, 1.82) is 0 Å². The molecule has 1 amide bonds. The minimum absolute atomic E-state index is 0.124. The number of aryl methyl sites for hydroxylation is 1. The first-order chi connectivity index (χ1) is 12.4. The number of ether oxygens (including phenoxy) is 1. The predicted octanol–water partition coefficient (Wildman–Crippen LogP) is 4.37. The number of nitrogens with one attached hydrogen (secondary N) is 1. The average Bonchev–Trinajstić information content (AvgIpc) is 2.61. The van der Waals surface area contributed by atoms with Crippen LogP contribution in [0, 0.1) is 0 Å². The Bertz CT molecular complexity index is 806. The molecule has 0 fully saturated rings. The van der Waals surface area contributed by atoms with E-state index in [0.29, 0.717) is 12.2 Å². The largest absolute Gasteiger partial charge is 0.416 e. The quantitative estimate of drug-likeness (QED) is 0.876. The van der Waals surface area contributed by atoms with Gasteiger partial charge in [-0.3, -0.25) is 4.79 Å². The molecule has 2 aromatic carbocycles. The molecule has 0 unspecified atom stereocenters. The second kappa shape index (κ2) is 7.37. The number of benzene rings is 2. The first kappa shape index (κ1) is 18.3. The summed E-state index contributed by atoms with van der Waals surface area (Å²) in [4.78, 5) is 13.9. The van der Waals surface area contributed by atoms with Crippen molar-refractivity contribution in [3.8, 4) is 0 Å². The third-order valence-corrected chi connectivity index (χ3v) is 4.27. The van der Waals surface area contributed by atoms with Crippen LogP contribution in [0.5, 0.6) is 0 Å². The smallest absolute Gasteiger partial charge is 0.375 e. The van der Waals surface area contributed by atoms with Crippen molar-refractivity contribution in [3.05, 3.63) is 53.6 Å². The highest BCUT2D eigenvalue weighted by molar-refractivity contribution is 5.96. The highest BCUT2D eigenvalue weighted by Gasteiger charge is 2.32. The summed E-state index contributed by atoms with van der Waals surface area (Å²) in [7, 11) is 1.35. The van der Waals surface area contributed by atoms with Gasteiger partial charge in [0.2, 0.25) is 5.91 Å². The molecule has 1 aliphatic rings. The third-order valence-electron chi connectivity index (χ3n) is 4.27. The number of nitrogens with zero attached hydrogens (tertiary/aromatic N) is 1. The minimum atomic E-state index is -4.49. The zero-order valence-corrected chi connectivity index (χ0v) is 14.3. The van der Waals surface area contributed by atoms with Crippen LogP contribution in [0.4, 0.5) is 30.2 Å². The first-order valence-electron chi connectivity index (χ1n) is 8.25. The van der Waals surface area contributed by atoms with Gasteiger partial charge in [0.15, 0.2) is 0 Å². The van der Waals surface area contributed by atoms with Gasteiger partial charge in [0.25, 0.3) is 0 Å². The van der Waals surface area contributed by atoms with E-state index in [1.807, 2.05) is 29.2 Å². The monoisotopic (exact) mass is 364 g/mol. The lowest BCUT2D eigenvalue weighted by atomic mass is 10.0. The molecule has 0 bridgehead atoms. The van der Waals surface area contributed by atoms with E-state index in [-0.39, 0.29) is 12.3 Å². The highest BCUT2D eigenvalue weighted by Crippen LogP contribution is 2.40. The molecule has 4 nitrogen and oxygen atoms in total. The van der Waals surface area contributed by atoms with E-state index in [0.717, 1.165) is 36.2 Å². The van der Waals surface area contributed by atoms with Gasteiger partial charge < -0.3 is 15.0 Å². The topological polar surface area (TPSA) is 41.6 Å². The summed E-state index contributed by atoms with van der Waals surface area (Å²) in [5.41, 5.74) is 1.93. The van der Waals surface area contributed by atoms with Gasteiger partial charge in [0.05, 0.1) is 16.9 Å². The molecule has 1 heterocycles. The number of amides is 1. The normalized spacial score (nSPS) is 14.1. The molecule has 0 aromatic heterocycles. The van der Waals surface area contributed by atoms with Gasteiger partial charge in [-0.15, -0.1) is 0 Å². The number of halogens is 3. The first-order valence-corrected chi connectivity index (χ1v) is 8.25. The highest BCUT2D eigenvalue weighted by atomic mass is 19.4. The molecule has 0 atom stereocenters. The molecule has 1 N–H and O–H groups in total. The van der Waals surface area contributed by atoms with Crippen molar-refractivity contribution in [2.24, 2.45) is 0 Å². The van der Waals surface area contributed by atoms with Gasteiger partial charge in [-0.1, -0.05) is 18.2 Å². The third kappa shape index (κ3) is 3.83. The van der Waals surface area contributed by atoms with Gasteiger partial charge in [-0.25, -0.2) is 0 Å². The lowest BCUT2D eigenvalue weighted by molar-refractivity contribution is -0.137. The predicted molar refractivity (Wildman–Crippen MR) is 93.7 cm³/mol. The molecule has 0 radical (unpaired) electrons. The summed E-state index contributed by atoms with van der Waals surface area (Å²) < 4.78 is 44.1. The maximum Gasteiger partial charge on any atom is 0.416 e. The van der Waals surface area contributed by atoms with E-state index in [4.69, 9.17) is 4.74 Å². The van der Waals surface area contributed by atoms with Crippen molar-refractivity contribution in [2.75, 3.05) is 30.5 Å². The molecule has 7 heteroatoms. The molecule has 0 aliphatic carbocycles. The van der Waals surface area contributed by atoms with Gasteiger partial charge in [-0.05, 0) is 42.7 Å². The van der Waals surface area contributed by atoms with E-state index in [1.54, 1.807) is 0 Å². The molecule has 138 valence electrons. The van der Waals surface area contributed by atoms with Crippen LogP contribution in [0.2, 0.25) is 0 Å². The second-order valence-electron chi connectivity index (χ2n) is 6.09. The summed E-state index contributed by atoms with van der Waals surface area (Å²) in [6.07, 6.45) is -2.69. The number of carbonyl (C=O) groups excluding carboxylic acids is 1. The lowest BCUT2D eigenvalue weighted by Gasteiger charge is -2.33. The van der Waals surface area contributed by atoms with Crippen LogP contribution in [0.3, 0.4) is 0 Å². The summed E-state index contributed by atoms with van der Waals surface area (Å²) in [6, 6.07) is 11.2. The molecule has 0 spiro atoms. The van der Waals surface area contributed by atoms with Crippen LogP contribution in [-0.4, -0.2) is 26.2 Å². The van der Waals surface area contributed by atoms with Crippen molar-refractivity contribution < 1.29 is 22.7 Å². The SMILES string of the molecule is COCC(=O)Nc1cc(C(F)(F)F)ccc1N1CCCc2ccccc21. The number of hydrogen-bond acceptors (Lipinski definition) is 3. The number of rotatable bonds is 4. The standard InChI is InChI=1S/C19H19F3N2O2/c1-26-12-18(25)23-15-11-14(19(20,21)22)8-9-17(15)24-10-4-6-13-5-2-3-7-16(13)24/h2-3,5,7-9,11H,4,6,10,12H2,1H3,(H,23,25). The number of alkyl halides is 3. The fourth-order valence-electron chi connectivity index (χ4n) is 3.15. The Labute approximate surface area is 149 Å². The van der Waals surface area contributed by atoms with Gasteiger partial charge in [0, 0.05) is 19.3 Å². The molecule has 0 saturated heterocycles. The molecule has 0 saturated carbocycles. The number of fused-ring (bicyclic) bond motifs is 1. The summed E-state index contributed by atoms with van der Waals surface area (Å²) >= 11 is 0. The molecule has 26 heavy (non-hydrogen) atoms. The van der Waals surface area contributed by atoms with Gasteiger partial charge in [-0.2, -0.15) is 13.2 Å². The molecular formula is C19H19F3N2O2. The lowest BCUT2D eigenvalue weighted by Crippen LogP contribution is -2.27. The van der Waals surface area contributed by atoms with Crippen LogP contribution < -0.4 is 10.2 Å². The Hall–Kier alpha value is -2.54. The number of para-hydroxylation sites is 1. The number of hydrogen-bond donors (Lipinski definition) is 1. The fourth-order valence-corrected chi connectivity index (χ4v) is 3.15. The average molecular weight is 364 g/mol. The van der Waals surface area contributed by atoms with Crippen molar-refractivity contribution in [3.63, 3.8) is 0 Å². The molecule has 3 rings (SSSR count). The zero-order valence-electron chi connectivity index (χ0n) is 14.3. The Morgan fingerprint density at radius 1 is 1.19 bits per heavy atom. The molecular weight excluding hydrogens is 345 g/mol. The van der Waals surface area contributed by atoms with Crippen molar-refractivity contribution in [1.82, 2.24) is 0 Å². The second-order valence-corrected chi connectivity index (χ2v) is 6.09. The number of carbonyl (C=O) groups is 1. The summed E-state index contributed by atoms with van der Waals surface area (Å²) in [5, 5.41) is 2.55. The number of anilines is 3. The molecule has 1 aliphatic heterocycles. The Balaban J connectivity index is 2.05. The maximum atomic E-state index is 13.1. The minimum Gasteiger partial charge on any atom is -0.375 e. The Morgan fingerprint density at radius 3 is 2.69 bits per heavy atom.